The molecular formula is C31H46N2O7S. The highest BCUT2D eigenvalue weighted by molar-refractivity contribution is 7.89. The normalized spacial score (nSPS) is 14.2. The van der Waals surface area contributed by atoms with Crippen LogP contribution in [0.4, 0.5) is 4.79 Å². The lowest BCUT2D eigenvalue weighted by molar-refractivity contribution is 0.0399. The number of sulfonamides is 1. The van der Waals surface area contributed by atoms with Gasteiger partial charge in [0.15, 0.2) is 0 Å². The molecule has 0 saturated carbocycles. The maximum Gasteiger partial charge on any atom is 0.407 e. The van der Waals surface area contributed by atoms with Crippen LogP contribution < -0.4 is 10.1 Å². The first kappa shape index (κ1) is 34.3. The minimum atomic E-state index is -4.01. The number of nitrogens with one attached hydrogen (secondary N) is 1. The number of ether oxygens (including phenoxy) is 2. The van der Waals surface area contributed by atoms with E-state index in [1.54, 1.807) is 20.8 Å². The van der Waals surface area contributed by atoms with E-state index in [0.717, 1.165) is 30.6 Å². The molecule has 3 atom stereocenters. The van der Waals surface area contributed by atoms with E-state index in [9.17, 15) is 23.1 Å². The molecule has 0 aliphatic carbocycles. The molecule has 0 fully saturated rings. The number of aldehydes is 1. The molecule has 2 rings (SSSR count). The first-order chi connectivity index (χ1) is 19.3. The molecule has 1 amide bonds. The predicted octanol–water partition coefficient (Wildman–Crippen LogP) is 5.21. The Morgan fingerprint density at radius 1 is 1.05 bits per heavy atom. The molecule has 0 aliphatic heterocycles. The van der Waals surface area contributed by atoms with Gasteiger partial charge in [-0.15, -0.1) is 0 Å². The van der Waals surface area contributed by atoms with Crippen LogP contribution in [-0.2, 0) is 21.2 Å². The number of hydrogen-bond donors (Lipinski definition) is 2. The van der Waals surface area contributed by atoms with Gasteiger partial charge in [0.1, 0.15) is 17.6 Å². The molecule has 2 aromatic rings. The van der Waals surface area contributed by atoms with Crippen LogP contribution in [0.3, 0.4) is 0 Å². The molecular weight excluding hydrogens is 544 g/mol. The number of aliphatic hydroxyl groups is 1. The van der Waals surface area contributed by atoms with E-state index in [1.807, 2.05) is 38.1 Å². The van der Waals surface area contributed by atoms with E-state index in [1.165, 1.54) is 28.6 Å². The average molecular weight is 591 g/mol. The van der Waals surface area contributed by atoms with Crippen LogP contribution in [0.25, 0.3) is 0 Å². The second-order valence-electron chi connectivity index (χ2n) is 11.4. The summed E-state index contributed by atoms with van der Waals surface area (Å²) in [4.78, 5) is 23.8. The summed E-state index contributed by atoms with van der Waals surface area (Å²) < 4.78 is 39.7. The van der Waals surface area contributed by atoms with Gasteiger partial charge in [0.2, 0.25) is 10.0 Å². The van der Waals surface area contributed by atoms with Gasteiger partial charge < -0.3 is 19.9 Å². The topological polar surface area (TPSA) is 122 Å². The van der Waals surface area contributed by atoms with Crippen molar-refractivity contribution in [2.75, 3.05) is 19.7 Å². The molecule has 2 N–H and O–H groups in total. The number of nitrogens with zero attached hydrogens (tertiary/aromatic N) is 1. The maximum absolute atomic E-state index is 13.7. The summed E-state index contributed by atoms with van der Waals surface area (Å²) in [5.41, 5.74) is 0.436. The molecule has 0 saturated heterocycles. The third-order valence-electron chi connectivity index (χ3n) is 6.57. The van der Waals surface area contributed by atoms with Crippen LogP contribution in [0.15, 0.2) is 53.4 Å². The van der Waals surface area contributed by atoms with E-state index < -0.39 is 33.9 Å². The lowest BCUT2D eigenvalue weighted by Crippen LogP contribution is -2.52. The SMILES string of the molecule is CCCCOc1ccc(C[C@H](NC(=O)OC(C)(C)C)[C@H](O)CN(C[C@@H](C)CC)S(=O)(=O)c2ccc(C=O)cc2)cc1. The zero-order chi connectivity index (χ0) is 30.6. The fourth-order valence-electron chi connectivity index (χ4n) is 4.00. The van der Waals surface area contributed by atoms with Crippen molar-refractivity contribution < 1.29 is 32.6 Å². The Kier molecular flexibility index (Phi) is 13.3. The van der Waals surface area contributed by atoms with Crippen LogP contribution in [0, 0.1) is 5.92 Å². The van der Waals surface area contributed by atoms with Crippen molar-refractivity contribution in [1.82, 2.24) is 9.62 Å². The number of carbonyl (C=O) groups is 2. The van der Waals surface area contributed by atoms with E-state index in [4.69, 9.17) is 9.47 Å². The molecule has 0 bridgehead atoms. The summed E-state index contributed by atoms with van der Waals surface area (Å²) in [5.74, 6) is 0.745. The summed E-state index contributed by atoms with van der Waals surface area (Å²) in [7, 11) is -4.01. The molecule has 9 nitrogen and oxygen atoms in total. The zero-order valence-electron chi connectivity index (χ0n) is 25.1. The lowest BCUT2D eigenvalue weighted by Gasteiger charge is -2.31. The monoisotopic (exact) mass is 590 g/mol. The minimum absolute atomic E-state index is 0.0174. The highest BCUT2D eigenvalue weighted by Gasteiger charge is 2.32. The Balaban J connectivity index is 2.33. The molecule has 10 heteroatoms. The number of benzene rings is 2. The fraction of sp³-hybridized carbons (Fsp3) is 0.548. The van der Waals surface area contributed by atoms with Crippen molar-refractivity contribution in [3.05, 3.63) is 59.7 Å². The standard InChI is InChI=1S/C31H46N2O7S/c1-7-9-18-39-26-14-10-24(11-15-26)19-28(32-30(36)40-31(4,5)6)29(35)21-33(20-23(3)8-2)41(37,38)27-16-12-25(22-34)13-17-27/h10-17,22-23,28-29,35H,7-9,18-21H2,1-6H3,(H,32,36)/t23-,28-,29+/m0/s1. The molecule has 0 aromatic heterocycles. The third kappa shape index (κ3) is 11.4. The van der Waals surface area contributed by atoms with Crippen LogP contribution >= 0.6 is 0 Å². The first-order valence-electron chi connectivity index (χ1n) is 14.2. The zero-order valence-corrected chi connectivity index (χ0v) is 25.9. The molecule has 0 spiro atoms. The van der Waals surface area contributed by atoms with E-state index in [0.29, 0.717) is 18.5 Å². The van der Waals surface area contributed by atoms with Gasteiger partial charge in [0.25, 0.3) is 0 Å². The van der Waals surface area contributed by atoms with Gasteiger partial charge in [-0.25, -0.2) is 13.2 Å². The Bertz CT molecular complexity index is 1190. The van der Waals surface area contributed by atoms with Crippen molar-refractivity contribution in [2.24, 2.45) is 5.92 Å². The van der Waals surface area contributed by atoms with Gasteiger partial charge in [0.05, 0.1) is 23.6 Å². The number of carbonyl (C=O) groups excluding carboxylic acids is 2. The van der Waals surface area contributed by atoms with E-state index >= 15 is 0 Å². The summed E-state index contributed by atoms with van der Waals surface area (Å²) in [6.45, 7) is 11.8. The number of unbranched alkanes of at least 4 members (excludes halogenated alkanes) is 1. The van der Waals surface area contributed by atoms with Gasteiger partial charge in [-0.05, 0) is 69.4 Å². The Morgan fingerprint density at radius 2 is 1.68 bits per heavy atom. The fourth-order valence-corrected chi connectivity index (χ4v) is 5.58. The van der Waals surface area contributed by atoms with Gasteiger partial charge >= 0.3 is 6.09 Å². The lowest BCUT2D eigenvalue weighted by atomic mass is 10.0. The van der Waals surface area contributed by atoms with Crippen molar-refractivity contribution in [1.29, 1.82) is 0 Å². The number of aliphatic hydroxyl groups excluding tert-OH is 1. The number of hydrogen-bond acceptors (Lipinski definition) is 7. The van der Waals surface area contributed by atoms with Crippen LogP contribution in [0.5, 0.6) is 5.75 Å². The summed E-state index contributed by atoms with van der Waals surface area (Å²) in [5, 5.41) is 14.2. The molecule has 0 radical (unpaired) electrons. The molecule has 228 valence electrons. The quantitative estimate of drug-likeness (QED) is 0.203. The van der Waals surface area contributed by atoms with Crippen LogP contribution in [0.2, 0.25) is 0 Å². The maximum atomic E-state index is 13.7. The van der Waals surface area contributed by atoms with E-state index in [-0.39, 0.29) is 30.3 Å². The molecule has 0 heterocycles. The summed E-state index contributed by atoms with van der Waals surface area (Å²) in [6.07, 6.45) is 1.64. The smallest absolute Gasteiger partial charge is 0.407 e. The molecule has 41 heavy (non-hydrogen) atoms. The van der Waals surface area contributed by atoms with Gasteiger partial charge in [-0.1, -0.05) is 57.9 Å². The second-order valence-corrected chi connectivity index (χ2v) is 13.3. The minimum Gasteiger partial charge on any atom is -0.494 e. The Hall–Kier alpha value is -2.95. The Morgan fingerprint density at radius 3 is 2.22 bits per heavy atom. The molecule has 0 aliphatic rings. The van der Waals surface area contributed by atoms with Crippen LogP contribution in [0.1, 0.15) is 76.7 Å². The molecule has 2 aromatic carbocycles. The largest absolute Gasteiger partial charge is 0.494 e. The highest BCUT2D eigenvalue weighted by atomic mass is 32.2. The van der Waals surface area contributed by atoms with Crippen LogP contribution in [-0.4, -0.2) is 67.7 Å². The van der Waals surface area contributed by atoms with Crippen molar-refractivity contribution >= 4 is 22.4 Å². The molecule has 0 unspecified atom stereocenters. The van der Waals surface area contributed by atoms with Crippen molar-refractivity contribution in [3.8, 4) is 5.75 Å². The summed E-state index contributed by atoms with van der Waals surface area (Å²) >= 11 is 0. The number of rotatable bonds is 16. The predicted molar refractivity (Wildman–Crippen MR) is 160 cm³/mol. The van der Waals surface area contributed by atoms with Gasteiger partial charge in [-0.3, -0.25) is 4.79 Å². The van der Waals surface area contributed by atoms with Crippen molar-refractivity contribution in [2.45, 2.75) is 89.9 Å². The van der Waals surface area contributed by atoms with Gasteiger partial charge in [-0.2, -0.15) is 4.31 Å². The highest BCUT2D eigenvalue weighted by Crippen LogP contribution is 2.21. The van der Waals surface area contributed by atoms with Gasteiger partial charge in [0, 0.05) is 18.7 Å². The Labute approximate surface area is 245 Å². The summed E-state index contributed by atoms with van der Waals surface area (Å²) in [6, 6.07) is 12.2. The average Bonchev–Trinajstić information content (AvgIpc) is 2.92. The van der Waals surface area contributed by atoms with Crippen molar-refractivity contribution in [3.63, 3.8) is 0 Å². The van der Waals surface area contributed by atoms with E-state index in [2.05, 4.69) is 12.2 Å². The third-order valence-corrected chi connectivity index (χ3v) is 8.41. The first-order valence-corrected chi connectivity index (χ1v) is 15.7. The number of alkyl carbamates (subject to hydrolysis) is 1. The second kappa shape index (κ2) is 15.9. The number of amides is 1.